The highest BCUT2D eigenvalue weighted by Crippen LogP contribution is 2.39. The molecule has 0 radical (unpaired) electrons. The van der Waals surface area contributed by atoms with Gasteiger partial charge in [-0.15, -0.1) is 0 Å². The molecule has 1 aliphatic rings. The number of hydrogen-bond acceptors (Lipinski definition) is 3. The van der Waals surface area contributed by atoms with Gasteiger partial charge in [0.25, 0.3) is 0 Å². The van der Waals surface area contributed by atoms with Crippen molar-refractivity contribution in [3.05, 3.63) is 51.8 Å². The molecule has 0 aromatic heterocycles. The summed E-state index contributed by atoms with van der Waals surface area (Å²) in [6.07, 6.45) is -3.85. The van der Waals surface area contributed by atoms with Gasteiger partial charge in [-0.1, -0.05) is 18.2 Å². The number of carboxylic acid groups (broad SMARTS) is 1. The molecule has 8 heteroatoms. The molecule has 0 fully saturated rings. The van der Waals surface area contributed by atoms with Crippen LogP contribution < -0.4 is 0 Å². The number of benzene rings is 1. The Kier molecular flexibility index (Phi) is 3.21. The van der Waals surface area contributed by atoms with E-state index >= 15 is 0 Å². The molecule has 0 bridgehead atoms. The number of aliphatic carboxylic acids is 1. The van der Waals surface area contributed by atoms with Gasteiger partial charge >= 0.3 is 12.1 Å². The molecular formula is C12H7F3O4S. The minimum atomic E-state index is -4.71. The fourth-order valence-corrected chi connectivity index (χ4v) is 3.05. The monoisotopic (exact) mass is 304 g/mol. The second-order valence-electron chi connectivity index (χ2n) is 3.94. The van der Waals surface area contributed by atoms with E-state index in [9.17, 15) is 26.4 Å². The normalized spacial score (nSPS) is 17.6. The predicted octanol–water partition coefficient (Wildman–Crippen LogP) is 2.44. The Labute approximate surface area is 111 Å². The van der Waals surface area contributed by atoms with Gasteiger partial charge in [0.2, 0.25) is 9.84 Å². The van der Waals surface area contributed by atoms with E-state index in [0.717, 1.165) is 24.3 Å². The molecule has 20 heavy (non-hydrogen) atoms. The third-order valence-corrected chi connectivity index (χ3v) is 4.12. The van der Waals surface area contributed by atoms with Crippen molar-refractivity contribution >= 4 is 21.4 Å². The van der Waals surface area contributed by atoms with Crippen molar-refractivity contribution in [1.29, 1.82) is 0 Å². The first kappa shape index (κ1) is 14.3. The van der Waals surface area contributed by atoms with Crippen LogP contribution in [-0.4, -0.2) is 19.5 Å². The molecule has 0 aliphatic carbocycles. The fourth-order valence-electron chi connectivity index (χ4n) is 1.87. The van der Waals surface area contributed by atoms with Gasteiger partial charge in [0, 0.05) is 11.0 Å². The Hall–Kier alpha value is -2.09. The number of carboxylic acids is 1. The molecule has 1 aromatic carbocycles. The molecule has 1 aliphatic heterocycles. The minimum absolute atomic E-state index is 0.467. The van der Waals surface area contributed by atoms with Gasteiger partial charge < -0.3 is 5.11 Å². The van der Waals surface area contributed by atoms with Crippen LogP contribution >= 0.6 is 0 Å². The van der Waals surface area contributed by atoms with Crippen molar-refractivity contribution < 1.29 is 31.5 Å². The Bertz CT molecular complexity index is 742. The predicted molar refractivity (Wildman–Crippen MR) is 64.1 cm³/mol. The number of halogens is 3. The largest absolute Gasteiger partial charge is 0.477 e. The second-order valence-corrected chi connectivity index (χ2v) is 5.71. The number of rotatable bonds is 2. The SMILES string of the molecule is O=C(O)C1=C(c2ccccc2C(F)(F)F)C=CS1(=O)=O. The summed E-state index contributed by atoms with van der Waals surface area (Å²) in [6.45, 7) is 0. The lowest BCUT2D eigenvalue weighted by Crippen LogP contribution is -2.12. The van der Waals surface area contributed by atoms with Gasteiger partial charge in [0.15, 0.2) is 4.91 Å². The molecule has 0 atom stereocenters. The molecule has 0 unspecified atom stereocenters. The van der Waals surface area contributed by atoms with Crippen LogP contribution in [0.3, 0.4) is 0 Å². The van der Waals surface area contributed by atoms with Crippen LogP contribution in [0.2, 0.25) is 0 Å². The third-order valence-electron chi connectivity index (χ3n) is 2.66. The van der Waals surface area contributed by atoms with Gasteiger partial charge in [-0.25, -0.2) is 13.2 Å². The highest BCUT2D eigenvalue weighted by molar-refractivity contribution is 7.99. The first-order valence-electron chi connectivity index (χ1n) is 5.22. The Morgan fingerprint density at radius 3 is 2.30 bits per heavy atom. The van der Waals surface area contributed by atoms with E-state index in [1.54, 1.807) is 0 Å². The molecule has 1 heterocycles. The third kappa shape index (κ3) is 2.34. The van der Waals surface area contributed by atoms with Crippen LogP contribution in [0.4, 0.5) is 13.2 Å². The van der Waals surface area contributed by atoms with E-state index < -0.39 is 43.6 Å². The number of sulfone groups is 1. The second kappa shape index (κ2) is 4.48. The first-order valence-corrected chi connectivity index (χ1v) is 6.76. The van der Waals surface area contributed by atoms with Crippen molar-refractivity contribution in [3.8, 4) is 0 Å². The Morgan fingerprint density at radius 1 is 1.15 bits per heavy atom. The molecule has 0 saturated carbocycles. The molecule has 0 spiro atoms. The van der Waals surface area contributed by atoms with Gasteiger partial charge in [0.1, 0.15) is 0 Å². The lowest BCUT2D eigenvalue weighted by atomic mass is 9.99. The Balaban J connectivity index is 2.79. The van der Waals surface area contributed by atoms with E-state index in [0.29, 0.717) is 5.41 Å². The molecule has 4 nitrogen and oxygen atoms in total. The van der Waals surface area contributed by atoms with Crippen molar-refractivity contribution in [2.75, 3.05) is 0 Å². The van der Waals surface area contributed by atoms with Crippen molar-refractivity contribution in [1.82, 2.24) is 0 Å². The van der Waals surface area contributed by atoms with Gasteiger partial charge in [0.05, 0.1) is 5.56 Å². The summed E-state index contributed by atoms with van der Waals surface area (Å²) >= 11 is 0. The smallest absolute Gasteiger partial charge is 0.417 e. The number of carbonyl (C=O) groups is 1. The summed E-state index contributed by atoms with van der Waals surface area (Å²) in [5.74, 6) is -1.79. The van der Waals surface area contributed by atoms with E-state index in [2.05, 4.69) is 0 Å². The average molecular weight is 304 g/mol. The van der Waals surface area contributed by atoms with Crippen molar-refractivity contribution in [2.24, 2.45) is 0 Å². The molecule has 1 N–H and O–H groups in total. The standard InChI is InChI=1S/C12H7F3O4S/c13-12(14,15)9-4-2-1-3-7(9)8-5-6-20(18,19)10(8)11(16)17/h1-6H,(H,16,17). The summed E-state index contributed by atoms with van der Waals surface area (Å²) in [4.78, 5) is 9.96. The summed E-state index contributed by atoms with van der Waals surface area (Å²) in [6, 6.07) is 4.21. The van der Waals surface area contributed by atoms with Crippen LogP contribution in [0.5, 0.6) is 0 Å². The van der Waals surface area contributed by atoms with Gasteiger partial charge in [-0.2, -0.15) is 13.2 Å². The average Bonchev–Trinajstić information content (AvgIpc) is 2.64. The minimum Gasteiger partial charge on any atom is -0.477 e. The van der Waals surface area contributed by atoms with Crippen LogP contribution in [0.15, 0.2) is 40.7 Å². The molecule has 0 amide bonds. The molecule has 106 valence electrons. The van der Waals surface area contributed by atoms with Crippen molar-refractivity contribution in [2.45, 2.75) is 6.18 Å². The lowest BCUT2D eigenvalue weighted by Gasteiger charge is -2.13. The van der Waals surface area contributed by atoms with Crippen LogP contribution in [0.1, 0.15) is 11.1 Å². The van der Waals surface area contributed by atoms with E-state index in [1.807, 2.05) is 0 Å². The topological polar surface area (TPSA) is 71.4 Å². The molecule has 0 saturated heterocycles. The van der Waals surface area contributed by atoms with Crippen LogP contribution in [0.25, 0.3) is 5.57 Å². The maximum Gasteiger partial charge on any atom is 0.417 e. The maximum absolute atomic E-state index is 12.9. The van der Waals surface area contributed by atoms with E-state index in [-0.39, 0.29) is 0 Å². The molecule has 2 rings (SSSR count). The summed E-state index contributed by atoms with van der Waals surface area (Å²) < 4.78 is 61.7. The maximum atomic E-state index is 12.9. The van der Waals surface area contributed by atoms with E-state index in [4.69, 9.17) is 5.11 Å². The number of allylic oxidation sites excluding steroid dienone is 2. The molecule has 1 aromatic rings. The number of hydrogen-bond donors (Lipinski definition) is 1. The van der Waals surface area contributed by atoms with Gasteiger partial charge in [-0.05, 0) is 17.7 Å². The van der Waals surface area contributed by atoms with Crippen LogP contribution in [0, 0.1) is 0 Å². The first-order chi connectivity index (χ1) is 9.14. The lowest BCUT2D eigenvalue weighted by molar-refractivity contribution is -0.138. The quantitative estimate of drug-likeness (QED) is 0.911. The molecular weight excluding hydrogens is 297 g/mol. The summed E-state index contributed by atoms with van der Waals surface area (Å²) in [5.41, 5.74) is -2.03. The van der Waals surface area contributed by atoms with Gasteiger partial charge in [-0.3, -0.25) is 0 Å². The number of alkyl halides is 3. The highest BCUT2D eigenvalue weighted by atomic mass is 32.2. The summed E-state index contributed by atoms with van der Waals surface area (Å²) in [7, 11) is -4.21. The fraction of sp³-hybridized carbons (Fsp3) is 0.0833. The summed E-state index contributed by atoms with van der Waals surface area (Å²) in [5, 5.41) is 9.50. The van der Waals surface area contributed by atoms with Crippen LogP contribution in [-0.2, 0) is 20.8 Å². The zero-order valence-electron chi connectivity index (χ0n) is 9.68. The zero-order valence-corrected chi connectivity index (χ0v) is 10.5. The zero-order chi connectivity index (χ0) is 15.1. The highest BCUT2D eigenvalue weighted by Gasteiger charge is 2.37. The Morgan fingerprint density at radius 2 is 1.75 bits per heavy atom. The van der Waals surface area contributed by atoms with E-state index in [1.165, 1.54) is 6.07 Å². The van der Waals surface area contributed by atoms with Crippen molar-refractivity contribution in [3.63, 3.8) is 0 Å².